The molecule has 3 N–H and O–H groups in total. The van der Waals surface area contributed by atoms with E-state index >= 15 is 0 Å². The highest BCUT2D eigenvalue weighted by atomic mass is 16.4. The molecule has 2 atom stereocenters. The third kappa shape index (κ3) is 2.42. The minimum atomic E-state index is -0.929. The van der Waals surface area contributed by atoms with Crippen LogP contribution in [0.4, 0.5) is 0 Å². The first kappa shape index (κ1) is 14.7. The Balaban J connectivity index is 1.78. The fourth-order valence-electron chi connectivity index (χ4n) is 3.80. The van der Waals surface area contributed by atoms with Crippen molar-refractivity contribution in [2.75, 3.05) is 0 Å². The summed E-state index contributed by atoms with van der Waals surface area (Å²) in [5, 5.41) is 9.74. The Bertz CT molecular complexity index is 994. The van der Waals surface area contributed by atoms with Crippen molar-refractivity contribution in [1.82, 2.24) is 19.5 Å². The fourth-order valence-corrected chi connectivity index (χ4v) is 3.80. The van der Waals surface area contributed by atoms with Crippen LogP contribution in [-0.2, 0) is 4.79 Å². The summed E-state index contributed by atoms with van der Waals surface area (Å²) in [6.07, 6.45) is 10.1. The number of nitrogens with zero attached hydrogens (tertiary/aromatic N) is 2. The summed E-state index contributed by atoms with van der Waals surface area (Å²) in [6.45, 7) is 0. The number of fused-ring (bicyclic) bond motifs is 3. The Morgan fingerprint density at radius 1 is 1.42 bits per heavy atom. The molecule has 7 nitrogen and oxygen atoms in total. The number of aliphatic carboxylic acids is 1. The van der Waals surface area contributed by atoms with Gasteiger partial charge >= 0.3 is 11.7 Å². The summed E-state index contributed by atoms with van der Waals surface area (Å²) in [4.78, 5) is 33.6. The van der Waals surface area contributed by atoms with E-state index in [9.17, 15) is 9.59 Å². The summed E-state index contributed by atoms with van der Waals surface area (Å²) < 4.78 is 1.83. The van der Waals surface area contributed by atoms with Gasteiger partial charge in [-0.2, -0.15) is 0 Å². The van der Waals surface area contributed by atoms with E-state index in [-0.39, 0.29) is 17.6 Å². The second-order valence-electron chi connectivity index (χ2n) is 6.34. The van der Waals surface area contributed by atoms with Crippen molar-refractivity contribution in [2.24, 2.45) is 5.92 Å². The molecular formula is C17H18N4O3. The Hall–Kier alpha value is -2.83. The Morgan fingerprint density at radius 3 is 3.12 bits per heavy atom. The van der Waals surface area contributed by atoms with Crippen LogP contribution in [0.25, 0.3) is 22.1 Å². The van der Waals surface area contributed by atoms with Gasteiger partial charge in [0.15, 0.2) is 0 Å². The van der Waals surface area contributed by atoms with Crippen LogP contribution in [0.15, 0.2) is 35.4 Å². The molecule has 0 aromatic carbocycles. The van der Waals surface area contributed by atoms with E-state index in [1.165, 1.54) is 6.08 Å². The van der Waals surface area contributed by atoms with Crippen molar-refractivity contribution < 1.29 is 9.90 Å². The van der Waals surface area contributed by atoms with Crippen LogP contribution in [0.2, 0.25) is 0 Å². The fraction of sp³-hybridized carbons (Fsp3) is 0.353. The maximum absolute atomic E-state index is 12.5. The Morgan fingerprint density at radius 2 is 2.29 bits per heavy atom. The highest BCUT2D eigenvalue weighted by molar-refractivity contribution is 6.00. The van der Waals surface area contributed by atoms with E-state index in [2.05, 4.69) is 15.0 Å². The predicted molar refractivity (Wildman–Crippen MR) is 90.0 cm³/mol. The van der Waals surface area contributed by atoms with Crippen molar-refractivity contribution in [3.8, 4) is 0 Å². The number of imidazole rings is 1. The minimum absolute atomic E-state index is 0.0592. The molecular weight excluding hydrogens is 308 g/mol. The number of rotatable bonds is 3. The predicted octanol–water partition coefficient (Wildman–Crippen LogP) is 2.58. The molecule has 1 saturated carbocycles. The number of carboxylic acids is 1. The lowest BCUT2D eigenvalue weighted by atomic mass is 9.85. The zero-order chi connectivity index (χ0) is 16.7. The summed E-state index contributed by atoms with van der Waals surface area (Å²) in [7, 11) is 0. The molecule has 4 rings (SSSR count). The lowest BCUT2D eigenvalue weighted by Gasteiger charge is -2.28. The van der Waals surface area contributed by atoms with Crippen LogP contribution in [0.5, 0.6) is 0 Å². The molecule has 1 aliphatic carbocycles. The smallest absolute Gasteiger partial charge is 0.327 e. The zero-order valence-corrected chi connectivity index (χ0v) is 13.0. The van der Waals surface area contributed by atoms with Gasteiger partial charge in [0.1, 0.15) is 5.65 Å². The highest BCUT2D eigenvalue weighted by Crippen LogP contribution is 2.35. The molecule has 0 radical (unpaired) electrons. The van der Waals surface area contributed by atoms with Gasteiger partial charge in [0.05, 0.1) is 17.2 Å². The number of aromatic amines is 2. The monoisotopic (exact) mass is 326 g/mol. The normalized spacial score (nSPS) is 21.8. The number of carboxylic acid groups (broad SMARTS) is 1. The van der Waals surface area contributed by atoms with Gasteiger partial charge in [-0.1, -0.05) is 12.5 Å². The van der Waals surface area contributed by atoms with Crippen molar-refractivity contribution in [2.45, 2.75) is 31.7 Å². The first-order chi connectivity index (χ1) is 11.6. The van der Waals surface area contributed by atoms with E-state index < -0.39 is 5.97 Å². The van der Waals surface area contributed by atoms with Crippen molar-refractivity contribution in [1.29, 1.82) is 0 Å². The van der Waals surface area contributed by atoms with Crippen molar-refractivity contribution in [3.05, 3.63) is 41.1 Å². The number of aromatic nitrogens is 4. The van der Waals surface area contributed by atoms with Gasteiger partial charge in [0.2, 0.25) is 0 Å². The second-order valence-corrected chi connectivity index (χ2v) is 6.34. The zero-order valence-electron chi connectivity index (χ0n) is 13.0. The molecule has 3 aromatic heterocycles. The number of H-pyrrole nitrogens is 2. The number of nitrogens with one attached hydrogen (secondary N) is 2. The average molecular weight is 326 g/mol. The number of allylic oxidation sites excluding steroid dienone is 1. The molecule has 3 aromatic rings. The topological polar surface area (TPSA) is 104 Å². The third-order valence-corrected chi connectivity index (χ3v) is 4.82. The molecule has 24 heavy (non-hydrogen) atoms. The Labute approximate surface area is 137 Å². The van der Waals surface area contributed by atoms with Crippen LogP contribution in [-0.4, -0.2) is 30.6 Å². The molecule has 0 amide bonds. The van der Waals surface area contributed by atoms with E-state index in [0.29, 0.717) is 0 Å². The quantitative estimate of drug-likeness (QED) is 0.643. The van der Waals surface area contributed by atoms with Gasteiger partial charge < -0.3 is 15.1 Å². The number of hydrogen-bond donors (Lipinski definition) is 3. The van der Waals surface area contributed by atoms with E-state index in [1.54, 1.807) is 12.3 Å². The number of pyridine rings is 1. The first-order valence-electron chi connectivity index (χ1n) is 8.11. The maximum atomic E-state index is 12.5. The third-order valence-electron chi connectivity index (χ3n) is 4.82. The number of carbonyl (C=O) groups is 1. The standard InChI is InChI=1S/C17H18N4O3/c22-14(23)5-4-10-2-1-3-11(8-10)21-15-12-6-7-18-16(12)19-9-13(15)20-17(21)24/h4-7,9-11H,1-3,8H2,(H,18,19)(H,20,24)(H,22,23)/t10-,11+/m0/s1. The molecule has 0 saturated heterocycles. The molecule has 0 spiro atoms. The molecule has 1 aliphatic rings. The van der Waals surface area contributed by atoms with E-state index in [0.717, 1.165) is 47.8 Å². The lowest BCUT2D eigenvalue weighted by Crippen LogP contribution is -2.26. The molecule has 0 bridgehead atoms. The van der Waals surface area contributed by atoms with Crippen LogP contribution in [0.1, 0.15) is 31.7 Å². The van der Waals surface area contributed by atoms with Gasteiger partial charge in [-0.25, -0.2) is 14.6 Å². The second kappa shape index (κ2) is 5.67. The minimum Gasteiger partial charge on any atom is -0.478 e. The SMILES string of the molecule is O=C(O)C=C[C@@H]1CCC[C@@H](n2c(=O)[nH]c3cnc4[nH]ccc4c32)C1. The van der Waals surface area contributed by atoms with Gasteiger partial charge in [0, 0.05) is 23.7 Å². The molecule has 1 fully saturated rings. The van der Waals surface area contributed by atoms with Crippen molar-refractivity contribution in [3.63, 3.8) is 0 Å². The van der Waals surface area contributed by atoms with E-state index in [4.69, 9.17) is 5.11 Å². The van der Waals surface area contributed by atoms with Gasteiger partial charge in [-0.15, -0.1) is 0 Å². The van der Waals surface area contributed by atoms with Crippen LogP contribution >= 0.6 is 0 Å². The maximum Gasteiger partial charge on any atom is 0.327 e. The summed E-state index contributed by atoms with van der Waals surface area (Å²) >= 11 is 0. The number of hydrogen-bond acceptors (Lipinski definition) is 3. The van der Waals surface area contributed by atoms with Crippen LogP contribution < -0.4 is 5.69 Å². The van der Waals surface area contributed by atoms with Crippen LogP contribution in [0, 0.1) is 5.92 Å². The highest BCUT2D eigenvalue weighted by Gasteiger charge is 2.25. The summed E-state index contributed by atoms with van der Waals surface area (Å²) in [5.41, 5.74) is 2.23. The Kier molecular flexibility index (Phi) is 3.48. The summed E-state index contributed by atoms with van der Waals surface area (Å²) in [5.74, 6) is -0.748. The van der Waals surface area contributed by atoms with Crippen LogP contribution in [0.3, 0.4) is 0 Å². The van der Waals surface area contributed by atoms with Gasteiger partial charge in [-0.3, -0.25) is 4.57 Å². The molecule has 124 valence electrons. The molecule has 0 unspecified atom stereocenters. The molecule has 3 heterocycles. The summed E-state index contributed by atoms with van der Waals surface area (Å²) in [6, 6.07) is 1.99. The first-order valence-corrected chi connectivity index (χ1v) is 8.11. The van der Waals surface area contributed by atoms with Crippen molar-refractivity contribution >= 4 is 28.0 Å². The lowest BCUT2D eigenvalue weighted by molar-refractivity contribution is -0.131. The molecule has 0 aliphatic heterocycles. The largest absolute Gasteiger partial charge is 0.478 e. The molecule has 7 heteroatoms. The van der Waals surface area contributed by atoms with E-state index in [1.807, 2.05) is 16.8 Å². The van der Waals surface area contributed by atoms with Gasteiger partial charge in [-0.05, 0) is 31.2 Å². The average Bonchev–Trinajstić information content (AvgIpc) is 3.16. The van der Waals surface area contributed by atoms with Gasteiger partial charge in [0.25, 0.3) is 0 Å².